The van der Waals surface area contributed by atoms with Gasteiger partial charge in [0.15, 0.2) is 0 Å². The van der Waals surface area contributed by atoms with Crippen molar-refractivity contribution in [2.24, 2.45) is 0 Å². The van der Waals surface area contributed by atoms with Crippen molar-refractivity contribution in [1.29, 1.82) is 0 Å². The zero-order chi connectivity index (χ0) is 18.0. The number of aliphatic hydroxyl groups is 2. The van der Waals surface area contributed by atoms with Crippen LogP contribution in [0, 0.1) is 0 Å². The van der Waals surface area contributed by atoms with Crippen LogP contribution in [-0.2, 0) is 0 Å². The van der Waals surface area contributed by atoms with Crippen molar-refractivity contribution in [3.63, 3.8) is 0 Å². The van der Waals surface area contributed by atoms with Crippen molar-refractivity contribution in [2.75, 3.05) is 6.26 Å². The van der Waals surface area contributed by atoms with E-state index < -0.39 is 24.3 Å². The van der Waals surface area contributed by atoms with Gasteiger partial charge < -0.3 is 10.2 Å². The molecular formula is C16H27F3O2S. The molecule has 0 aromatic heterocycles. The molecule has 6 heteroatoms. The molecule has 1 aromatic rings. The molecule has 0 spiro atoms. The number of rotatable bonds is 4. The van der Waals surface area contributed by atoms with Crippen molar-refractivity contribution < 1.29 is 23.4 Å². The number of hydrogen-bond acceptors (Lipinski definition) is 3. The Morgan fingerprint density at radius 1 is 1.05 bits per heavy atom. The fourth-order valence-corrected chi connectivity index (χ4v) is 2.06. The van der Waals surface area contributed by atoms with Crippen LogP contribution in [0.15, 0.2) is 29.2 Å². The summed E-state index contributed by atoms with van der Waals surface area (Å²) in [6.07, 6.45) is -5.68. The minimum absolute atomic E-state index is 0.266. The molecule has 1 rings (SSSR count). The molecule has 2 N–H and O–H groups in total. The maximum absolute atomic E-state index is 12.3. The highest BCUT2D eigenvalue weighted by Crippen LogP contribution is 2.36. The normalized spacial score (nSPS) is 14.7. The highest BCUT2D eigenvalue weighted by Gasteiger charge is 2.43. The average molecular weight is 340 g/mol. The first kappa shape index (κ1) is 23.5. The van der Waals surface area contributed by atoms with Gasteiger partial charge >= 0.3 is 6.18 Å². The molecule has 0 heterocycles. The van der Waals surface area contributed by atoms with E-state index in [2.05, 4.69) is 0 Å². The van der Waals surface area contributed by atoms with Gasteiger partial charge in [0.2, 0.25) is 0 Å². The van der Waals surface area contributed by atoms with Crippen LogP contribution in [-0.4, -0.2) is 28.2 Å². The van der Waals surface area contributed by atoms with Gasteiger partial charge in [-0.05, 0) is 30.9 Å². The Labute approximate surface area is 135 Å². The lowest BCUT2D eigenvalue weighted by molar-refractivity contribution is -0.194. The van der Waals surface area contributed by atoms with Crippen LogP contribution >= 0.6 is 11.8 Å². The molecule has 2 nitrogen and oxygen atoms in total. The van der Waals surface area contributed by atoms with E-state index in [1.807, 2.05) is 34.0 Å². The number of alkyl halides is 3. The number of thioether (sulfide) groups is 1. The minimum atomic E-state index is -4.52. The summed E-state index contributed by atoms with van der Waals surface area (Å²) < 4.78 is 36.8. The van der Waals surface area contributed by atoms with Gasteiger partial charge in [-0.2, -0.15) is 13.2 Å². The summed E-state index contributed by atoms with van der Waals surface area (Å²) in [5, 5.41) is 19.5. The molecule has 0 bridgehead atoms. The average Bonchev–Trinajstić information content (AvgIpc) is 2.48. The fraction of sp³-hybridized carbons (Fsp3) is 0.625. The van der Waals surface area contributed by atoms with Gasteiger partial charge in [-0.15, -0.1) is 11.8 Å². The lowest BCUT2D eigenvalue weighted by Crippen LogP contribution is -2.37. The summed E-state index contributed by atoms with van der Waals surface area (Å²) in [5.41, 5.74) is -1.97. The monoisotopic (exact) mass is 340 g/mol. The van der Waals surface area contributed by atoms with Gasteiger partial charge in [0.25, 0.3) is 0 Å². The SMILES string of the molecule is CC.CC.CSc1ccc(C(O)[C@](C)(O)CC(F)(F)F)cc1. The zero-order valence-electron chi connectivity index (χ0n) is 14.0. The third-order valence-electron chi connectivity index (χ3n) is 2.58. The van der Waals surface area contributed by atoms with Crippen LogP contribution in [0.2, 0.25) is 0 Å². The molecule has 0 saturated heterocycles. The first-order valence-electron chi connectivity index (χ1n) is 7.27. The van der Waals surface area contributed by atoms with Crippen LogP contribution in [0.25, 0.3) is 0 Å². The van der Waals surface area contributed by atoms with E-state index in [9.17, 15) is 23.4 Å². The second-order valence-electron chi connectivity index (χ2n) is 4.32. The van der Waals surface area contributed by atoms with Gasteiger partial charge in [0.05, 0.1) is 6.42 Å². The van der Waals surface area contributed by atoms with Gasteiger partial charge in [-0.25, -0.2) is 0 Å². The van der Waals surface area contributed by atoms with E-state index in [0.29, 0.717) is 0 Å². The van der Waals surface area contributed by atoms with E-state index in [0.717, 1.165) is 11.8 Å². The van der Waals surface area contributed by atoms with Gasteiger partial charge in [-0.1, -0.05) is 39.8 Å². The number of hydrogen-bond donors (Lipinski definition) is 2. The maximum Gasteiger partial charge on any atom is 0.391 e. The van der Waals surface area contributed by atoms with Crippen LogP contribution in [0.1, 0.15) is 52.7 Å². The Morgan fingerprint density at radius 3 is 1.77 bits per heavy atom. The molecule has 0 aliphatic heterocycles. The summed E-state index contributed by atoms with van der Waals surface area (Å²) in [7, 11) is 0. The van der Waals surface area contributed by atoms with Crippen molar-refractivity contribution in [1.82, 2.24) is 0 Å². The first-order valence-corrected chi connectivity index (χ1v) is 8.49. The maximum atomic E-state index is 12.3. The molecular weight excluding hydrogens is 313 g/mol. The third kappa shape index (κ3) is 8.66. The molecule has 0 radical (unpaired) electrons. The Morgan fingerprint density at radius 2 is 1.45 bits per heavy atom. The highest BCUT2D eigenvalue weighted by molar-refractivity contribution is 7.98. The van der Waals surface area contributed by atoms with Gasteiger partial charge in [0.1, 0.15) is 11.7 Å². The largest absolute Gasteiger partial charge is 0.391 e. The van der Waals surface area contributed by atoms with E-state index in [1.165, 1.54) is 23.9 Å². The van der Waals surface area contributed by atoms with Crippen LogP contribution in [0.5, 0.6) is 0 Å². The topological polar surface area (TPSA) is 40.5 Å². The molecule has 0 amide bonds. The van der Waals surface area contributed by atoms with Crippen molar-refractivity contribution in [3.05, 3.63) is 29.8 Å². The molecule has 0 aliphatic rings. The Kier molecular flexibility index (Phi) is 11.7. The smallest absolute Gasteiger partial charge is 0.387 e. The summed E-state index contributed by atoms with van der Waals surface area (Å²) in [5.74, 6) is 0. The standard InChI is InChI=1S/C12H15F3O2S.2C2H6/c1-11(17,7-12(13,14)15)10(16)8-3-5-9(18-2)6-4-8;2*1-2/h3-6,10,16-17H,7H2,1-2H3;2*1-2H3/t10?,11-;;/m1../s1. The lowest BCUT2D eigenvalue weighted by atomic mass is 9.90. The zero-order valence-corrected chi connectivity index (χ0v) is 14.8. The number of benzene rings is 1. The summed E-state index contributed by atoms with van der Waals surface area (Å²) in [6, 6.07) is 6.41. The molecule has 0 saturated carbocycles. The van der Waals surface area contributed by atoms with Gasteiger partial charge in [0, 0.05) is 4.90 Å². The highest BCUT2D eigenvalue weighted by atomic mass is 32.2. The molecule has 2 atom stereocenters. The number of halogens is 3. The Balaban J connectivity index is 0. The lowest BCUT2D eigenvalue weighted by Gasteiger charge is -2.30. The quantitative estimate of drug-likeness (QED) is 0.740. The fourth-order valence-electron chi connectivity index (χ4n) is 1.65. The Bertz CT molecular complexity index is 389. The molecule has 0 aliphatic carbocycles. The number of aliphatic hydroxyl groups excluding tert-OH is 1. The summed E-state index contributed by atoms with van der Waals surface area (Å²) in [6.45, 7) is 8.98. The molecule has 1 unspecified atom stereocenters. The molecule has 1 aromatic carbocycles. The third-order valence-corrected chi connectivity index (χ3v) is 3.32. The van der Waals surface area contributed by atoms with Crippen LogP contribution in [0.4, 0.5) is 13.2 Å². The van der Waals surface area contributed by atoms with Crippen molar-refractivity contribution in [3.8, 4) is 0 Å². The van der Waals surface area contributed by atoms with E-state index in [1.54, 1.807) is 12.1 Å². The van der Waals surface area contributed by atoms with Crippen LogP contribution in [0.3, 0.4) is 0 Å². The van der Waals surface area contributed by atoms with E-state index >= 15 is 0 Å². The van der Waals surface area contributed by atoms with Crippen LogP contribution < -0.4 is 0 Å². The van der Waals surface area contributed by atoms with Gasteiger partial charge in [-0.3, -0.25) is 0 Å². The van der Waals surface area contributed by atoms with E-state index in [4.69, 9.17) is 0 Å². The van der Waals surface area contributed by atoms with Crippen molar-refractivity contribution >= 4 is 11.8 Å². The first-order chi connectivity index (χ1) is 10.2. The predicted molar refractivity (Wildman–Crippen MR) is 87.2 cm³/mol. The van der Waals surface area contributed by atoms with Crippen molar-refractivity contribution in [2.45, 2.75) is 63.8 Å². The molecule has 130 valence electrons. The minimum Gasteiger partial charge on any atom is -0.387 e. The molecule has 0 fully saturated rings. The predicted octanol–water partition coefficient (Wildman–Crippen LogP) is 5.20. The Hall–Kier alpha value is -0.720. The summed E-state index contributed by atoms with van der Waals surface area (Å²) in [4.78, 5) is 0.932. The van der Waals surface area contributed by atoms with E-state index in [-0.39, 0.29) is 5.56 Å². The summed E-state index contributed by atoms with van der Waals surface area (Å²) >= 11 is 1.48. The second kappa shape index (κ2) is 10.9. The molecule has 22 heavy (non-hydrogen) atoms. The second-order valence-corrected chi connectivity index (χ2v) is 5.20.